The molecular formula is C20H15Cl2N5OS. The molecular weight excluding hydrogens is 429 g/mol. The molecule has 1 aliphatic rings. The molecule has 0 saturated carbocycles. The van der Waals surface area contributed by atoms with Crippen LogP contribution >= 0.6 is 35.0 Å². The maximum absolute atomic E-state index is 12.4. The van der Waals surface area contributed by atoms with Crippen molar-refractivity contribution in [3.8, 4) is 0 Å². The summed E-state index contributed by atoms with van der Waals surface area (Å²) in [6.45, 7) is 0. The molecule has 2 heterocycles. The van der Waals surface area contributed by atoms with Crippen molar-refractivity contribution in [3.05, 3.63) is 63.1 Å². The predicted molar refractivity (Wildman–Crippen MR) is 121 cm³/mol. The Morgan fingerprint density at radius 1 is 1.14 bits per heavy atom. The second-order valence-corrected chi connectivity index (χ2v) is 8.27. The maximum atomic E-state index is 12.4. The second kappa shape index (κ2) is 8.02. The van der Waals surface area contributed by atoms with Gasteiger partial charge in [0.05, 0.1) is 32.2 Å². The first kappa shape index (κ1) is 19.7. The molecule has 29 heavy (non-hydrogen) atoms. The number of hydrogen-bond donors (Lipinski definition) is 1. The Morgan fingerprint density at radius 3 is 2.62 bits per heavy atom. The molecule has 1 fully saturated rings. The van der Waals surface area contributed by atoms with Crippen LogP contribution in [0.4, 0.5) is 11.5 Å². The summed E-state index contributed by atoms with van der Waals surface area (Å²) in [5, 5.41) is 4.00. The Kier molecular flexibility index (Phi) is 5.45. The summed E-state index contributed by atoms with van der Waals surface area (Å²) in [7, 11) is 3.82. The summed E-state index contributed by atoms with van der Waals surface area (Å²) in [5.41, 5.74) is 2.82. The molecule has 0 spiro atoms. The van der Waals surface area contributed by atoms with E-state index in [4.69, 9.17) is 23.2 Å². The lowest BCUT2D eigenvalue weighted by Crippen LogP contribution is -2.19. The number of amidine groups is 1. The Labute approximate surface area is 181 Å². The molecule has 1 amide bonds. The van der Waals surface area contributed by atoms with E-state index in [0.29, 0.717) is 25.8 Å². The SMILES string of the molecule is CN(C)c1cnc2ccc(/C=C3\SC(=Nc4c(Cl)cccc4Cl)NC3=O)cc2n1. The molecule has 0 atom stereocenters. The third-order valence-electron chi connectivity index (χ3n) is 4.11. The summed E-state index contributed by atoms with van der Waals surface area (Å²) < 4.78 is 0. The van der Waals surface area contributed by atoms with E-state index in [-0.39, 0.29) is 5.91 Å². The highest BCUT2D eigenvalue weighted by Gasteiger charge is 2.24. The molecule has 0 radical (unpaired) electrons. The summed E-state index contributed by atoms with van der Waals surface area (Å²) in [5.74, 6) is 0.534. The van der Waals surface area contributed by atoms with E-state index in [0.717, 1.165) is 22.4 Å². The zero-order valence-electron chi connectivity index (χ0n) is 15.5. The van der Waals surface area contributed by atoms with Gasteiger partial charge in [0.1, 0.15) is 11.5 Å². The third-order valence-corrected chi connectivity index (χ3v) is 5.63. The zero-order valence-corrected chi connectivity index (χ0v) is 17.8. The van der Waals surface area contributed by atoms with Crippen LogP contribution in [0, 0.1) is 0 Å². The van der Waals surface area contributed by atoms with E-state index in [1.807, 2.05) is 37.2 Å². The molecule has 1 N–H and O–H groups in total. The zero-order chi connectivity index (χ0) is 20.5. The highest BCUT2D eigenvalue weighted by molar-refractivity contribution is 8.18. The number of aliphatic imine (C=N–C) groups is 1. The van der Waals surface area contributed by atoms with Crippen molar-refractivity contribution in [3.63, 3.8) is 0 Å². The maximum Gasteiger partial charge on any atom is 0.264 e. The number of carbonyl (C=O) groups is 1. The minimum atomic E-state index is -0.231. The Balaban J connectivity index is 1.65. The topological polar surface area (TPSA) is 70.5 Å². The van der Waals surface area contributed by atoms with Gasteiger partial charge in [-0.05, 0) is 47.7 Å². The summed E-state index contributed by atoms with van der Waals surface area (Å²) in [6.07, 6.45) is 3.52. The first-order valence-electron chi connectivity index (χ1n) is 8.58. The third kappa shape index (κ3) is 4.22. The van der Waals surface area contributed by atoms with Gasteiger partial charge in [-0.3, -0.25) is 9.78 Å². The number of thioether (sulfide) groups is 1. The average molecular weight is 444 g/mol. The lowest BCUT2D eigenvalue weighted by molar-refractivity contribution is -0.115. The number of halogens is 2. The van der Waals surface area contributed by atoms with Crippen molar-refractivity contribution in [1.82, 2.24) is 15.3 Å². The van der Waals surface area contributed by atoms with Crippen LogP contribution in [-0.2, 0) is 4.79 Å². The minimum Gasteiger partial charge on any atom is -0.361 e. The molecule has 0 bridgehead atoms. The van der Waals surface area contributed by atoms with Gasteiger partial charge in [-0.25, -0.2) is 9.98 Å². The van der Waals surface area contributed by atoms with Crippen LogP contribution in [0.1, 0.15) is 5.56 Å². The van der Waals surface area contributed by atoms with E-state index in [9.17, 15) is 4.79 Å². The molecule has 1 aliphatic heterocycles. The van der Waals surface area contributed by atoms with E-state index < -0.39 is 0 Å². The van der Waals surface area contributed by atoms with Crippen LogP contribution in [0.15, 0.2) is 52.5 Å². The molecule has 2 aromatic carbocycles. The lowest BCUT2D eigenvalue weighted by atomic mass is 10.2. The first-order valence-corrected chi connectivity index (χ1v) is 10.2. The number of hydrogen-bond acceptors (Lipinski definition) is 6. The van der Waals surface area contributed by atoms with Crippen molar-refractivity contribution < 1.29 is 4.79 Å². The van der Waals surface area contributed by atoms with Gasteiger partial charge in [-0.15, -0.1) is 0 Å². The summed E-state index contributed by atoms with van der Waals surface area (Å²) in [6, 6.07) is 10.8. The molecule has 0 unspecified atom stereocenters. The quantitative estimate of drug-likeness (QED) is 0.583. The molecule has 1 aromatic heterocycles. The first-order chi connectivity index (χ1) is 13.9. The molecule has 9 heteroatoms. The van der Waals surface area contributed by atoms with Crippen LogP contribution in [0.25, 0.3) is 17.1 Å². The molecule has 0 aliphatic carbocycles. The van der Waals surface area contributed by atoms with Gasteiger partial charge < -0.3 is 10.2 Å². The highest BCUT2D eigenvalue weighted by atomic mass is 35.5. The van der Waals surface area contributed by atoms with Crippen molar-refractivity contribution >= 4 is 74.7 Å². The number of aromatic nitrogens is 2. The van der Waals surface area contributed by atoms with Crippen molar-refractivity contribution in [2.24, 2.45) is 4.99 Å². The normalized spacial score (nSPS) is 16.6. The van der Waals surface area contributed by atoms with Crippen molar-refractivity contribution in [2.45, 2.75) is 0 Å². The number of nitrogens with one attached hydrogen (secondary N) is 1. The fraction of sp³-hybridized carbons (Fsp3) is 0.100. The number of carbonyl (C=O) groups excluding carboxylic acids is 1. The monoisotopic (exact) mass is 443 g/mol. The number of anilines is 1. The molecule has 146 valence electrons. The van der Waals surface area contributed by atoms with Gasteiger partial charge in [0.15, 0.2) is 5.17 Å². The van der Waals surface area contributed by atoms with Crippen molar-refractivity contribution in [2.75, 3.05) is 19.0 Å². The number of amides is 1. The number of para-hydroxylation sites is 1. The predicted octanol–water partition coefficient (Wildman–Crippen LogP) is 4.89. The minimum absolute atomic E-state index is 0.231. The van der Waals surface area contributed by atoms with Gasteiger partial charge >= 0.3 is 0 Å². The van der Waals surface area contributed by atoms with Gasteiger partial charge in [-0.1, -0.05) is 35.3 Å². The highest BCUT2D eigenvalue weighted by Crippen LogP contribution is 2.35. The van der Waals surface area contributed by atoms with Crippen LogP contribution in [0.5, 0.6) is 0 Å². The number of fused-ring (bicyclic) bond motifs is 1. The van der Waals surface area contributed by atoms with Gasteiger partial charge in [0, 0.05) is 14.1 Å². The largest absolute Gasteiger partial charge is 0.361 e. The fourth-order valence-corrected chi connectivity index (χ4v) is 3.96. The Bertz CT molecular complexity index is 1170. The summed E-state index contributed by atoms with van der Waals surface area (Å²) >= 11 is 13.5. The fourth-order valence-electron chi connectivity index (χ4n) is 2.65. The molecule has 3 aromatic rings. The number of rotatable bonds is 3. The number of benzene rings is 2. The van der Waals surface area contributed by atoms with Gasteiger partial charge in [0.2, 0.25) is 0 Å². The standard InChI is InChI=1S/C20H15Cl2N5OS/c1-27(2)17-10-23-14-7-6-11(8-15(14)24-17)9-16-19(28)26-20(29-16)25-18-12(21)4-3-5-13(18)22/h3-10H,1-2H3,(H,25,26,28)/b16-9-. The molecule has 6 nitrogen and oxygen atoms in total. The van der Waals surface area contributed by atoms with Gasteiger partial charge in [-0.2, -0.15) is 0 Å². The molecule has 4 rings (SSSR count). The van der Waals surface area contributed by atoms with Crippen LogP contribution < -0.4 is 10.2 Å². The summed E-state index contributed by atoms with van der Waals surface area (Å²) in [4.78, 5) is 28.2. The number of nitrogens with zero attached hydrogens (tertiary/aromatic N) is 4. The Morgan fingerprint density at radius 2 is 1.90 bits per heavy atom. The van der Waals surface area contributed by atoms with E-state index in [2.05, 4.69) is 20.3 Å². The van der Waals surface area contributed by atoms with E-state index in [1.165, 1.54) is 11.8 Å². The van der Waals surface area contributed by atoms with E-state index in [1.54, 1.807) is 30.5 Å². The van der Waals surface area contributed by atoms with E-state index >= 15 is 0 Å². The van der Waals surface area contributed by atoms with Gasteiger partial charge in [0.25, 0.3) is 5.91 Å². The smallest absolute Gasteiger partial charge is 0.264 e. The Hall–Kier alpha value is -2.61. The van der Waals surface area contributed by atoms with Crippen LogP contribution in [-0.4, -0.2) is 35.1 Å². The van der Waals surface area contributed by atoms with Crippen LogP contribution in [0.3, 0.4) is 0 Å². The molecule has 1 saturated heterocycles. The van der Waals surface area contributed by atoms with Crippen LogP contribution in [0.2, 0.25) is 10.0 Å². The lowest BCUT2D eigenvalue weighted by Gasteiger charge is -2.11. The van der Waals surface area contributed by atoms with Crippen molar-refractivity contribution in [1.29, 1.82) is 0 Å². The average Bonchev–Trinajstić information content (AvgIpc) is 3.03. The second-order valence-electron chi connectivity index (χ2n) is 6.42.